The summed E-state index contributed by atoms with van der Waals surface area (Å²) in [5.41, 5.74) is 3.64. The maximum Gasteiger partial charge on any atom is 0.235 e. The lowest BCUT2D eigenvalue weighted by molar-refractivity contribution is -0.181. The molecule has 2 heterocycles. The molecule has 42 heavy (non-hydrogen) atoms. The Morgan fingerprint density at radius 2 is 1.81 bits per heavy atom. The highest BCUT2D eigenvalue weighted by molar-refractivity contribution is 6.32. The highest BCUT2D eigenvalue weighted by atomic mass is 16.5. The van der Waals surface area contributed by atoms with Crippen LogP contribution in [-0.4, -0.2) is 101 Å². The first-order valence-electron chi connectivity index (χ1n) is 14.0. The second-order valence-electron chi connectivity index (χ2n) is 11.9. The molecule has 3 fully saturated rings. The minimum absolute atomic E-state index is 0.0145. The second-order valence-corrected chi connectivity index (χ2v) is 11.9. The Morgan fingerprint density at radius 1 is 1.10 bits per heavy atom. The molecule has 1 saturated heterocycles. The zero-order chi connectivity index (χ0) is 30.1. The molecule has 6 unspecified atom stereocenters. The summed E-state index contributed by atoms with van der Waals surface area (Å²) < 4.78 is 11.6. The summed E-state index contributed by atoms with van der Waals surface area (Å²) in [5.74, 6) is -9.51. The van der Waals surface area contributed by atoms with Gasteiger partial charge in [0.1, 0.15) is 17.3 Å². The lowest BCUT2D eigenvalue weighted by atomic mass is 9.52. The summed E-state index contributed by atoms with van der Waals surface area (Å²) in [5, 5.41) is 22.5. The van der Waals surface area contributed by atoms with Crippen LogP contribution in [0.25, 0.3) is 11.3 Å². The first-order chi connectivity index (χ1) is 19.9. The molecule has 6 atom stereocenters. The molecular weight excluding hydrogens is 546 g/mol. The third-order valence-corrected chi connectivity index (χ3v) is 9.36. The smallest absolute Gasteiger partial charge is 0.235 e. The van der Waals surface area contributed by atoms with Crippen molar-refractivity contribution in [2.45, 2.75) is 31.0 Å². The number of nitrogens with two attached hydrogens (primary N) is 1. The summed E-state index contributed by atoms with van der Waals surface area (Å²) in [7, 11) is 3.10. The third-order valence-electron chi connectivity index (χ3n) is 9.36. The van der Waals surface area contributed by atoms with Crippen molar-refractivity contribution >= 4 is 29.0 Å². The van der Waals surface area contributed by atoms with Crippen molar-refractivity contribution in [3.63, 3.8) is 0 Å². The van der Waals surface area contributed by atoms with Crippen LogP contribution in [-0.2, 0) is 36.9 Å². The number of primary amides is 1. The SMILES string of the molecule is CN(C)C1C(=O)C(C(N)=O)C(=O)C2(O)C(=O)C3C(=O)c4c(O)ccc(-c5ccc(CN6CCOCC6)o5)c4CC3CC12. The summed E-state index contributed by atoms with van der Waals surface area (Å²) in [4.78, 5) is 70.4. The molecule has 1 aliphatic heterocycles. The number of nitrogens with zero attached hydrogens (tertiary/aromatic N) is 2. The van der Waals surface area contributed by atoms with Gasteiger partial charge in [-0.2, -0.15) is 0 Å². The number of Topliss-reactive ketones (excluding diaryl/α,β-unsaturated/α-hetero) is 4. The van der Waals surface area contributed by atoms with E-state index in [1.54, 1.807) is 26.2 Å². The monoisotopic (exact) mass is 579 g/mol. The van der Waals surface area contributed by atoms with Crippen LogP contribution in [0.15, 0.2) is 28.7 Å². The maximum absolute atomic E-state index is 14.0. The number of phenols is 1. The van der Waals surface area contributed by atoms with Crippen molar-refractivity contribution < 1.29 is 43.3 Å². The molecule has 0 spiro atoms. The molecule has 12 nitrogen and oxygen atoms in total. The van der Waals surface area contributed by atoms with Gasteiger partial charge in [-0.3, -0.25) is 33.8 Å². The standard InChI is InChI=1S/C30H33N3O9/c1-32(2)24-18-12-14-11-17-16(20-6-3-15(42-20)13-33-7-9-41-10-8-33)4-5-19(34)22(17)25(35)21(14)27(37)30(18,40)28(38)23(26(24)36)29(31)39/h3-6,14,18,21,23-24,34,40H,7-13H2,1-2H3,(H2,31,39). The van der Waals surface area contributed by atoms with E-state index in [0.717, 1.165) is 18.8 Å². The fourth-order valence-corrected chi connectivity index (χ4v) is 7.42. The molecule has 0 radical (unpaired) electrons. The fourth-order valence-electron chi connectivity index (χ4n) is 7.42. The fraction of sp³-hybridized carbons (Fsp3) is 0.500. The lowest BCUT2D eigenvalue weighted by Gasteiger charge is -2.52. The number of fused-ring (bicyclic) bond motifs is 3. The molecule has 0 bridgehead atoms. The Balaban J connectivity index is 1.39. The number of amides is 1. The highest BCUT2D eigenvalue weighted by Crippen LogP contribution is 2.51. The van der Waals surface area contributed by atoms with Gasteiger partial charge in [0.25, 0.3) is 0 Å². The quantitative estimate of drug-likeness (QED) is 0.405. The van der Waals surface area contributed by atoms with Gasteiger partial charge in [0.05, 0.1) is 37.3 Å². The number of furan rings is 1. The molecule has 222 valence electrons. The Kier molecular flexibility index (Phi) is 6.92. The number of aliphatic hydroxyl groups is 1. The molecule has 4 N–H and O–H groups in total. The minimum Gasteiger partial charge on any atom is -0.507 e. The minimum atomic E-state index is -2.75. The van der Waals surface area contributed by atoms with Crippen LogP contribution in [0, 0.1) is 23.7 Å². The molecule has 6 rings (SSSR count). The Labute approximate surface area is 241 Å². The van der Waals surface area contributed by atoms with Gasteiger partial charge in [-0.1, -0.05) is 0 Å². The predicted molar refractivity (Wildman–Crippen MR) is 145 cm³/mol. The number of hydrogen-bond donors (Lipinski definition) is 3. The number of ether oxygens (including phenoxy) is 1. The van der Waals surface area contributed by atoms with E-state index in [9.17, 15) is 34.2 Å². The largest absolute Gasteiger partial charge is 0.507 e. The van der Waals surface area contributed by atoms with Crippen LogP contribution < -0.4 is 5.73 Å². The zero-order valence-corrected chi connectivity index (χ0v) is 23.4. The third kappa shape index (κ3) is 4.16. The van der Waals surface area contributed by atoms with Crippen molar-refractivity contribution in [1.29, 1.82) is 0 Å². The molecule has 3 aliphatic carbocycles. The number of phenolic OH excluding ortho intramolecular Hbond substituents is 1. The molecule has 4 aliphatic rings. The predicted octanol–water partition coefficient (Wildman–Crippen LogP) is -0.0408. The van der Waals surface area contributed by atoms with Crippen molar-refractivity contribution in [3.8, 4) is 17.1 Å². The average molecular weight is 580 g/mol. The first kappa shape index (κ1) is 28.4. The molecule has 12 heteroatoms. The van der Waals surface area contributed by atoms with Gasteiger partial charge in [0, 0.05) is 24.6 Å². The van der Waals surface area contributed by atoms with Crippen molar-refractivity contribution in [2.24, 2.45) is 29.4 Å². The highest BCUT2D eigenvalue weighted by Gasteiger charge is 2.69. The van der Waals surface area contributed by atoms with Crippen molar-refractivity contribution in [2.75, 3.05) is 40.4 Å². The maximum atomic E-state index is 14.0. The number of hydrogen-bond acceptors (Lipinski definition) is 11. The van der Waals surface area contributed by atoms with Gasteiger partial charge in [-0.15, -0.1) is 0 Å². The van der Waals surface area contributed by atoms with Crippen molar-refractivity contribution in [3.05, 3.63) is 41.2 Å². The molecule has 2 aromatic rings. The number of carbonyl (C=O) groups is 5. The van der Waals surface area contributed by atoms with Gasteiger partial charge in [-0.25, -0.2) is 0 Å². The average Bonchev–Trinajstić information content (AvgIpc) is 3.39. The van der Waals surface area contributed by atoms with Crippen LogP contribution in [0.5, 0.6) is 5.75 Å². The first-order valence-corrected chi connectivity index (χ1v) is 14.0. The van der Waals surface area contributed by atoms with Gasteiger partial charge in [0.15, 0.2) is 34.7 Å². The van der Waals surface area contributed by atoms with Gasteiger partial charge >= 0.3 is 0 Å². The van der Waals surface area contributed by atoms with E-state index in [0.29, 0.717) is 36.6 Å². The number of rotatable bonds is 5. The number of carbonyl (C=O) groups excluding carboxylic acids is 5. The molecule has 1 aromatic heterocycles. The second kappa shape index (κ2) is 10.2. The van der Waals surface area contributed by atoms with E-state index < -0.39 is 64.4 Å². The van der Waals surface area contributed by atoms with E-state index in [1.165, 1.54) is 11.0 Å². The topological polar surface area (TPSA) is 181 Å². The summed E-state index contributed by atoms with van der Waals surface area (Å²) in [6.45, 7) is 3.44. The summed E-state index contributed by atoms with van der Waals surface area (Å²) >= 11 is 0. The van der Waals surface area contributed by atoms with Gasteiger partial charge < -0.3 is 25.1 Å². The number of aromatic hydroxyl groups is 1. The summed E-state index contributed by atoms with van der Waals surface area (Å²) in [6, 6.07) is 5.53. The van der Waals surface area contributed by atoms with Crippen LogP contribution in [0.1, 0.15) is 28.1 Å². The van der Waals surface area contributed by atoms with Crippen molar-refractivity contribution in [1.82, 2.24) is 9.80 Å². The zero-order valence-electron chi connectivity index (χ0n) is 23.4. The Hall–Kier alpha value is -3.71. The Bertz CT molecular complexity index is 1510. The van der Waals surface area contributed by atoms with E-state index >= 15 is 0 Å². The number of benzene rings is 1. The Morgan fingerprint density at radius 3 is 2.48 bits per heavy atom. The normalized spacial score (nSPS) is 31.6. The number of ketones is 4. The van der Waals surface area contributed by atoms with Crippen LogP contribution in [0.4, 0.5) is 0 Å². The van der Waals surface area contributed by atoms with E-state index in [-0.39, 0.29) is 24.2 Å². The number of morpholine rings is 1. The summed E-state index contributed by atoms with van der Waals surface area (Å²) in [6.07, 6.45) is 0.147. The number of likely N-dealkylation sites (N-methyl/N-ethyl adjacent to an activating group) is 1. The molecule has 2 saturated carbocycles. The van der Waals surface area contributed by atoms with E-state index in [4.69, 9.17) is 14.9 Å². The van der Waals surface area contributed by atoms with Crippen LogP contribution in [0.3, 0.4) is 0 Å². The van der Waals surface area contributed by atoms with E-state index in [2.05, 4.69) is 4.90 Å². The molecule has 1 aromatic carbocycles. The van der Waals surface area contributed by atoms with Crippen LogP contribution in [0.2, 0.25) is 0 Å². The molecular formula is C30H33N3O9. The lowest BCUT2D eigenvalue weighted by Crippen LogP contribution is -2.74. The van der Waals surface area contributed by atoms with Gasteiger partial charge in [0.2, 0.25) is 5.91 Å². The van der Waals surface area contributed by atoms with Crippen LogP contribution >= 0.6 is 0 Å². The van der Waals surface area contributed by atoms with Gasteiger partial charge in [-0.05, 0) is 62.7 Å². The van der Waals surface area contributed by atoms with E-state index in [1.807, 2.05) is 6.07 Å². The molecule has 1 amide bonds.